The summed E-state index contributed by atoms with van der Waals surface area (Å²) in [6.07, 6.45) is 2.18. The van der Waals surface area contributed by atoms with Crippen LogP contribution in [0.1, 0.15) is 40.0 Å². The standard InChI is InChI=1S/C15H28N2O3/c1-11(2)9-16(4)15(20)17-7-5-6-13(10-17)12(3)8-14(18)19/h11-13H,5-10H2,1-4H3,(H,18,19). The van der Waals surface area contributed by atoms with Crippen LogP contribution in [0.2, 0.25) is 0 Å². The number of carboxylic acid groups (broad SMARTS) is 1. The zero-order chi connectivity index (χ0) is 15.3. The van der Waals surface area contributed by atoms with Gasteiger partial charge in [0.15, 0.2) is 0 Å². The summed E-state index contributed by atoms with van der Waals surface area (Å²) in [4.78, 5) is 26.8. The van der Waals surface area contributed by atoms with E-state index >= 15 is 0 Å². The number of likely N-dealkylation sites (tertiary alicyclic amines) is 1. The third-order valence-electron chi connectivity index (χ3n) is 4.00. The predicted octanol–water partition coefficient (Wildman–Crippen LogP) is 2.52. The minimum Gasteiger partial charge on any atom is -0.481 e. The molecule has 2 unspecified atom stereocenters. The molecule has 1 aliphatic rings. The molecule has 0 radical (unpaired) electrons. The second kappa shape index (κ2) is 7.50. The van der Waals surface area contributed by atoms with Crippen molar-refractivity contribution in [1.82, 2.24) is 9.80 Å². The minimum absolute atomic E-state index is 0.0749. The van der Waals surface area contributed by atoms with E-state index in [-0.39, 0.29) is 18.4 Å². The number of carbonyl (C=O) groups excluding carboxylic acids is 1. The average Bonchev–Trinajstić information content (AvgIpc) is 2.36. The quantitative estimate of drug-likeness (QED) is 0.844. The van der Waals surface area contributed by atoms with Gasteiger partial charge in [-0.25, -0.2) is 4.79 Å². The van der Waals surface area contributed by atoms with E-state index in [0.717, 1.165) is 25.9 Å². The van der Waals surface area contributed by atoms with Gasteiger partial charge in [0.2, 0.25) is 0 Å². The summed E-state index contributed by atoms with van der Waals surface area (Å²) in [7, 11) is 1.84. The average molecular weight is 284 g/mol. The second-order valence-corrected chi connectivity index (χ2v) is 6.48. The van der Waals surface area contributed by atoms with Crippen molar-refractivity contribution in [2.45, 2.75) is 40.0 Å². The van der Waals surface area contributed by atoms with Crippen LogP contribution in [-0.4, -0.2) is 53.6 Å². The van der Waals surface area contributed by atoms with E-state index < -0.39 is 5.97 Å². The smallest absolute Gasteiger partial charge is 0.319 e. The van der Waals surface area contributed by atoms with E-state index in [1.165, 1.54) is 0 Å². The first kappa shape index (κ1) is 16.8. The summed E-state index contributed by atoms with van der Waals surface area (Å²) in [5.41, 5.74) is 0. The molecule has 5 heteroatoms. The number of rotatable bonds is 5. The van der Waals surface area contributed by atoms with E-state index in [1.54, 1.807) is 4.90 Å². The van der Waals surface area contributed by atoms with Gasteiger partial charge in [0.25, 0.3) is 0 Å². The van der Waals surface area contributed by atoms with Crippen molar-refractivity contribution < 1.29 is 14.7 Å². The number of hydrogen-bond donors (Lipinski definition) is 1. The molecule has 0 aromatic heterocycles. The molecular weight excluding hydrogens is 256 g/mol. The first-order chi connectivity index (χ1) is 9.31. The Hall–Kier alpha value is -1.26. The van der Waals surface area contributed by atoms with Crippen molar-refractivity contribution in [3.8, 4) is 0 Å². The largest absolute Gasteiger partial charge is 0.481 e. The molecule has 1 N–H and O–H groups in total. The molecule has 2 amide bonds. The maximum absolute atomic E-state index is 12.4. The lowest BCUT2D eigenvalue weighted by molar-refractivity contribution is -0.138. The molecule has 1 rings (SSSR count). The molecular formula is C15H28N2O3. The first-order valence-corrected chi connectivity index (χ1v) is 7.53. The van der Waals surface area contributed by atoms with Crippen molar-refractivity contribution >= 4 is 12.0 Å². The minimum atomic E-state index is -0.752. The molecule has 0 spiro atoms. The number of amides is 2. The number of hydrogen-bond acceptors (Lipinski definition) is 2. The topological polar surface area (TPSA) is 60.9 Å². The third-order valence-corrected chi connectivity index (χ3v) is 4.00. The number of piperidine rings is 1. The highest BCUT2D eigenvalue weighted by Gasteiger charge is 2.29. The van der Waals surface area contributed by atoms with Crippen LogP contribution in [0.3, 0.4) is 0 Å². The van der Waals surface area contributed by atoms with Crippen LogP contribution >= 0.6 is 0 Å². The van der Waals surface area contributed by atoms with Crippen LogP contribution in [-0.2, 0) is 4.79 Å². The Labute approximate surface area is 121 Å². The summed E-state index contributed by atoms with van der Waals surface area (Å²) in [5.74, 6) is 0.128. The lowest BCUT2D eigenvalue weighted by Gasteiger charge is -2.37. The molecule has 2 atom stereocenters. The number of urea groups is 1. The normalized spacial score (nSPS) is 20.9. The SMILES string of the molecule is CC(C)CN(C)C(=O)N1CCCC(C(C)CC(=O)O)C1. The van der Waals surface area contributed by atoms with E-state index in [2.05, 4.69) is 13.8 Å². The van der Waals surface area contributed by atoms with Crippen LogP contribution in [0, 0.1) is 17.8 Å². The van der Waals surface area contributed by atoms with Crippen molar-refractivity contribution in [3.05, 3.63) is 0 Å². The molecule has 0 aromatic rings. The highest BCUT2D eigenvalue weighted by atomic mass is 16.4. The summed E-state index contributed by atoms with van der Waals surface area (Å²) >= 11 is 0. The third kappa shape index (κ3) is 5.02. The molecule has 20 heavy (non-hydrogen) atoms. The first-order valence-electron chi connectivity index (χ1n) is 7.53. The summed E-state index contributed by atoms with van der Waals surface area (Å²) in [5, 5.41) is 8.89. The van der Waals surface area contributed by atoms with Crippen LogP contribution in [0.25, 0.3) is 0 Å². The Kier molecular flexibility index (Phi) is 6.30. The zero-order valence-corrected chi connectivity index (χ0v) is 13.1. The highest BCUT2D eigenvalue weighted by Crippen LogP contribution is 2.26. The fourth-order valence-electron chi connectivity index (χ4n) is 2.96. The lowest BCUT2D eigenvalue weighted by atomic mass is 9.85. The Morgan fingerprint density at radius 2 is 2.00 bits per heavy atom. The van der Waals surface area contributed by atoms with Gasteiger partial charge in [-0.2, -0.15) is 0 Å². The molecule has 1 fully saturated rings. The van der Waals surface area contributed by atoms with Crippen LogP contribution < -0.4 is 0 Å². The van der Waals surface area contributed by atoms with Gasteiger partial charge < -0.3 is 14.9 Å². The van der Waals surface area contributed by atoms with Crippen LogP contribution in [0.4, 0.5) is 4.79 Å². The van der Waals surface area contributed by atoms with Gasteiger partial charge in [-0.05, 0) is 30.6 Å². The Balaban J connectivity index is 2.55. The van der Waals surface area contributed by atoms with Gasteiger partial charge in [-0.1, -0.05) is 20.8 Å². The molecule has 0 bridgehead atoms. The number of nitrogens with zero attached hydrogens (tertiary/aromatic N) is 2. The van der Waals surface area contributed by atoms with Crippen molar-refractivity contribution in [2.75, 3.05) is 26.7 Å². The molecule has 1 heterocycles. The van der Waals surface area contributed by atoms with E-state index in [0.29, 0.717) is 18.4 Å². The van der Waals surface area contributed by atoms with Gasteiger partial charge >= 0.3 is 12.0 Å². The Morgan fingerprint density at radius 1 is 1.35 bits per heavy atom. The van der Waals surface area contributed by atoms with Gasteiger partial charge in [0.1, 0.15) is 0 Å². The summed E-state index contributed by atoms with van der Waals surface area (Å²) < 4.78 is 0. The summed E-state index contributed by atoms with van der Waals surface area (Å²) in [6, 6.07) is 0.0749. The van der Waals surface area contributed by atoms with Crippen LogP contribution in [0.5, 0.6) is 0 Å². The number of carbonyl (C=O) groups is 2. The molecule has 116 valence electrons. The molecule has 0 aromatic carbocycles. The van der Waals surface area contributed by atoms with Gasteiger partial charge in [-0.15, -0.1) is 0 Å². The van der Waals surface area contributed by atoms with Crippen molar-refractivity contribution in [1.29, 1.82) is 0 Å². The van der Waals surface area contributed by atoms with E-state index in [1.807, 2.05) is 18.9 Å². The molecule has 1 aliphatic heterocycles. The highest BCUT2D eigenvalue weighted by molar-refractivity contribution is 5.74. The zero-order valence-electron chi connectivity index (χ0n) is 13.1. The lowest BCUT2D eigenvalue weighted by Crippen LogP contribution is -2.48. The molecule has 1 saturated heterocycles. The monoisotopic (exact) mass is 284 g/mol. The summed E-state index contributed by atoms with van der Waals surface area (Å²) in [6.45, 7) is 8.40. The number of aliphatic carboxylic acids is 1. The molecule has 5 nitrogen and oxygen atoms in total. The van der Waals surface area contributed by atoms with E-state index in [9.17, 15) is 9.59 Å². The molecule has 0 saturated carbocycles. The van der Waals surface area contributed by atoms with Crippen molar-refractivity contribution in [2.24, 2.45) is 17.8 Å². The van der Waals surface area contributed by atoms with Gasteiger partial charge in [0.05, 0.1) is 0 Å². The number of carboxylic acids is 1. The predicted molar refractivity (Wildman–Crippen MR) is 78.6 cm³/mol. The second-order valence-electron chi connectivity index (χ2n) is 6.48. The van der Waals surface area contributed by atoms with Gasteiger partial charge in [-0.3, -0.25) is 4.79 Å². The Bertz CT molecular complexity index is 344. The molecule has 0 aliphatic carbocycles. The van der Waals surface area contributed by atoms with Gasteiger partial charge in [0, 0.05) is 33.1 Å². The van der Waals surface area contributed by atoms with Crippen LogP contribution in [0.15, 0.2) is 0 Å². The fourth-order valence-corrected chi connectivity index (χ4v) is 2.96. The Morgan fingerprint density at radius 3 is 2.55 bits per heavy atom. The maximum atomic E-state index is 12.4. The van der Waals surface area contributed by atoms with E-state index in [4.69, 9.17) is 5.11 Å². The fraction of sp³-hybridized carbons (Fsp3) is 0.867. The van der Waals surface area contributed by atoms with Crippen molar-refractivity contribution in [3.63, 3.8) is 0 Å². The maximum Gasteiger partial charge on any atom is 0.319 e.